The van der Waals surface area contributed by atoms with Gasteiger partial charge < -0.3 is 15.4 Å². The first kappa shape index (κ1) is 15.8. The smallest absolute Gasteiger partial charge is 0.226 e. The fraction of sp³-hybridized carbons (Fsp3) is 0.417. The van der Waals surface area contributed by atoms with Crippen molar-refractivity contribution in [3.05, 3.63) is 29.8 Å². The van der Waals surface area contributed by atoms with Crippen LogP contribution >= 0.6 is 12.4 Å². The summed E-state index contributed by atoms with van der Waals surface area (Å²) in [5.41, 5.74) is -0.142. The van der Waals surface area contributed by atoms with Gasteiger partial charge in [0, 0.05) is 19.0 Å². The Morgan fingerprint density at radius 3 is 2.95 bits per heavy atom. The van der Waals surface area contributed by atoms with Crippen molar-refractivity contribution in [1.29, 1.82) is 0 Å². The van der Waals surface area contributed by atoms with Crippen LogP contribution in [0.5, 0.6) is 0 Å². The molecule has 7 heteroatoms. The van der Waals surface area contributed by atoms with Gasteiger partial charge in [-0.3, -0.25) is 4.79 Å². The monoisotopic (exact) mass is 292 g/mol. The zero-order chi connectivity index (χ0) is 13.0. The Hall–Kier alpha value is -1.24. The van der Waals surface area contributed by atoms with Gasteiger partial charge in [-0.05, 0) is 12.1 Å². The quantitative estimate of drug-likeness (QED) is 0.892. The minimum atomic E-state index is -1.04. The highest BCUT2D eigenvalue weighted by Crippen LogP contribution is 2.16. The van der Waals surface area contributed by atoms with Gasteiger partial charge in [-0.1, -0.05) is 6.07 Å². The highest BCUT2D eigenvalue weighted by atomic mass is 35.5. The predicted octanol–water partition coefficient (Wildman–Crippen LogP) is 1.70. The summed E-state index contributed by atoms with van der Waals surface area (Å²) < 4.78 is 31.4. The van der Waals surface area contributed by atoms with Crippen LogP contribution in [0.4, 0.5) is 14.5 Å². The van der Waals surface area contributed by atoms with Crippen molar-refractivity contribution in [2.75, 3.05) is 25.1 Å². The highest BCUT2D eigenvalue weighted by Gasteiger charge is 2.18. The molecule has 0 aromatic heterocycles. The van der Waals surface area contributed by atoms with Gasteiger partial charge in [0.15, 0.2) is 11.6 Å². The number of morpholine rings is 1. The van der Waals surface area contributed by atoms with E-state index in [1.165, 1.54) is 12.1 Å². The SMILES string of the molecule is Cl.O=C(CC1COCCN1)Nc1cccc(F)c1F. The van der Waals surface area contributed by atoms with E-state index in [9.17, 15) is 13.6 Å². The summed E-state index contributed by atoms with van der Waals surface area (Å²) in [5.74, 6) is -2.40. The summed E-state index contributed by atoms with van der Waals surface area (Å²) in [4.78, 5) is 11.6. The molecule has 1 aromatic rings. The van der Waals surface area contributed by atoms with Crippen LogP contribution in [0.15, 0.2) is 18.2 Å². The number of hydrogen-bond acceptors (Lipinski definition) is 3. The summed E-state index contributed by atoms with van der Waals surface area (Å²) in [7, 11) is 0. The lowest BCUT2D eigenvalue weighted by Crippen LogP contribution is -2.43. The molecule has 1 aliphatic rings. The molecule has 1 heterocycles. The molecule has 1 atom stereocenters. The Labute approximate surface area is 115 Å². The molecule has 1 unspecified atom stereocenters. The Morgan fingerprint density at radius 2 is 2.26 bits per heavy atom. The lowest BCUT2D eigenvalue weighted by Gasteiger charge is -2.23. The average Bonchev–Trinajstić information content (AvgIpc) is 2.36. The van der Waals surface area contributed by atoms with Crippen LogP contribution in [0.25, 0.3) is 0 Å². The number of carbonyl (C=O) groups excluding carboxylic acids is 1. The van der Waals surface area contributed by atoms with Crippen LogP contribution < -0.4 is 10.6 Å². The van der Waals surface area contributed by atoms with Gasteiger partial charge in [-0.15, -0.1) is 12.4 Å². The molecule has 1 saturated heterocycles. The second-order valence-electron chi connectivity index (χ2n) is 4.08. The Bertz CT molecular complexity index is 440. The standard InChI is InChI=1S/C12H14F2N2O2.ClH/c13-9-2-1-3-10(12(9)14)16-11(17)6-8-7-18-5-4-15-8;/h1-3,8,15H,4-7H2,(H,16,17);1H. The number of carbonyl (C=O) groups is 1. The van der Waals surface area contributed by atoms with Gasteiger partial charge in [-0.25, -0.2) is 8.78 Å². The van der Waals surface area contributed by atoms with E-state index in [4.69, 9.17) is 4.74 Å². The normalized spacial score (nSPS) is 18.5. The van der Waals surface area contributed by atoms with Crippen LogP contribution in [-0.4, -0.2) is 31.7 Å². The topological polar surface area (TPSA) is 50.4 Å². The van der Waals surface area contributed by atoms with Crippen molar-refractivity contribution in [3.63, 3.8) is 0 Å². The minimum Gasteiger partial charge on any atom is -0.378 e. The largest absolute Gasteiger partial charge is 0.378 e. The number of anilines is 1. The summed E-state index contributed by atoms with van der Waals surface area (Å²) in [6, 6.07) is 3.58. The number of ether oxygens (including phenoxy) is 1. The molecule has 2 rings (SSSR count). The van der Waals surface area contributed by atoms with Crippen LogP contribution in [0.1, 0.15) is 6.42 Å². The molecule has 1 fully saturated rings. The Balaban J connectivity index is 0.00000180. The van der Waals surface area contributed by atoms with Crippen molar-refractivity contribution in [3.8, 4) is 0 Å². The Morgan fingerprint density at radius 1 is 1.47 bits per heavy atom. The van der Waals surface area contributed by atoms with Crippen LogP contribution in [-0.2, 0) is 9.53 Å². The van der Waals surface area contributed by atoms with Crippen molar-refractivity contribution in [2.45, 2.75) is 12.5 Å². The van der Waals surface area contributed by atoms with Gasteiger partial charge in [0.05, 0.1) is 18.9 Å². The molecule has 1 aromatic carbocycles. The maximum atomic E-state index is 13.3. The first-order valence-corrected chi connectivity index (χ1v) is 5.72. The summed E-state index contributed by atoms with van der Waals surface area (Å²) in [5, 5.41) is 5.46. The lowest BCUT2D eigenvalue weighted by molar-refractivity contribution is -0.117. The third-order valence-corrected chi connectivity index (χ3v) is 2.66. The molecule has 106 valence electrons. The number of halogens is 3. The van der Waals surface area contributed by atoms with Crippen LogP contribution in [0, 0.1) is 11.6 Å². The van der Waals surface area contributed by atoms with Gasteiger partial charge in [0.2, 0.25) is 5.91 Å². The molecule has 0 spiro atoms. The zero-order valence-corrected chi connectivity index (χ0v) is 10.9. The van der Waals surface area contributed by atoms with Crippen molar-refractivity contribution >= 4 is 24.0 Å². The van der Waals surface area contributed by atoms with Crippen molar-refractivity contribution in [2.24, 2.45) is 0 Å². The molecule has 19 heavy (non-hydrogen) atoms. The summed E-state index contributed by atoms with van der Waals surface area (Å²) in [6.45, 7) is 1.75. The molecule has 0 bridgehead atoms. The van der Waals surface area contributed by atoms with Gasteiger partial charge in [0.25, 0.3) is 0 Å². The van der Waals surface area contributed by atoms with Crippen molar-refractivity contribution in [1.82, 2.24) is 5.32 Å². The number of amides is 1. The molecule has 1 aliphatic heterocycles. The second-order valence-corrected chi connectivity index (χ2v) is 4.08. The van der Waals surface area contributed by atoms with E-state index in [1.807, 2.05) is 0 Å². The van der Waals surface area contributed by atoms with Gasteiger partial charge >= 0.3 is 0 Å². The zero-order valence-electron chi connectivity index (χ0n) is 10.1. The van der Waals surface area contributed by atoms with E-state index in [0.717, 1.165) is 6.07 Å². The molecule has 0 aliphatic carbocycles. The summed E-state index contributed by atoms with van der Waals surface area (Å²) >= 11 is 0. The van der Waals surface area contributed by atoms with E-state index in [2.05, 4.69) is 10.6 Å². The molecule has 0 radical (unpaired) electrons. The first-order chi connectivity index (χ1) is 8.66. The van der Waals surface area contributed by atoms with E-state index in [-0.39, 0.29) is 36.5 Å². The molecule has 2 N–H and O–H groups in total. The number of rotatable bonds is 3. The minimum absolute atomic E-state index is 0. The predicted molar refractivity (Wildman–Crippen MR) is 69.5 cm³/mol. The molecule has 1 amide bonds. The second kappa shape index (κ2) is 7.37. The van der Waals surface area contributed by atoms with E-state index in [1.54, 1.807) is 0 Å². The third-order valence-electron chi connectivity index (χ3n) is 2.66. The van der Waals surface area contributed by atoms with Crippen molar-refractivity contribution < 1.29 is 18.3 Å². The first-order valence-electron chi connectivity index (χ1n) is 5.72. The third kappa shape index (κ3) is 4.41. The maximum Gasteiger partial charge on any atom is 0.226 e. The lowest BCUT2D eigenvalue weighted by atomic mass is 10.2. The highest BCUT2D eigenvalue weighted by molar-refractivity contribution is 5.91. The molecular formula is C12H15ClF2N2O2. The average molecular weight is 293 g/mol. The Kier molecular flexibility index (Phi) is 6.14. The molecule has 4 nitrogen and oxygen atoms in total. The fourth-order valence-electron chi connectivity index (χ4n) is 1.78. The summed E-state index contributed by atoms with van der Waals surface area (Å²) in [6.07, 6.45) is 0.163. The van der Waals surface area contributed by atoms with E-state index >= 15 is 0 Å². The maximum absolute atomic E-state index is 13.3. The fourth-order valence-corrected chi connectivity index (χ4v) is 1.78. The van der Waals surface area contributed by atoms with Crippen LogP contribution in [0.3, 0.4) is 0 Å². The van der Waals surface area contributed by atoms with E-state index in [0.29, 0.717) is 19.8 Å². The van der Waals surface area contributed by atoms with Gasteiger partial charge in [0.1, 0.15) is 0 Å². The van der Waals surface area contributed by atoms with Crippen LogP contribution in [0.2, 0.25) is 0 Å². The molecular weight excluding hydrogens is 278 g/mol. The number of benzene rings is 1. The number of hydrogen-bond donors (Lipinski definition) is 2. The van der Waals surface area contributed by atoms with E-state index < -0.39 is 11.6 Å². The van der Waals surface area contributed by atoms with Gasteiger partial charge in [-0.2, -0.15) is 0 Å². The molecule has 0 saturated carbocycles. The number of nitrogens with one attached hydrogen (secondary N) is 2.